The summed E-state index contributed by atoms with van der Waals surface area (Å²) in [6.45, 7) is 3.98. The first-order chi connectivity index (χ1) is 8.52. The molecule has 0 bridgehead atoms. The number of carbonyl (C=O) groups is 1. The maximum absolute atomic E-state index is 11.0. The highest BCUT2D eigenvalue weighted by Crippen LogP contribution is 2.33. The number of nitrogens with zero attached hydrogens (tertiary/aromatic N) is 1. The third-order valence-corrected chi connectivity index (χ3v) is 2.74. The van der Waals surface area contributed by atoms with E-state index in [1.807, 2.05) is 26.0 Å². The molecule has 2 aromatic rings. The lowest BCUT2D eigenvalue weighted by Gasteiger charge is -2.11. The van der Waals surface area contributed by atoms with Gasteiger partial charge in [0.2, 0.25) is 0 Å². The van der Waals surface area contributed by atoms with E-state index in [9.17, 15) is 4.79 Å². The molecule has 94 valence electrons. The second-order valence-corrected chi connectivity index (χ2v) is 4.17. The van der Waals surface area contributed by atoms with Crippen LogP contribution in [-0.4, -0.2) is 23.0 Å². The Kier molecular flexibility index (Phi) is 3.06. The van der Waals surface area contributed by atoms with Gasteiger partial charge in [0.1, 0.15) is 5.75 Å². The number of aromatic amines is 1. The van der Waals surface area contributed by atoms with E-state index < -0.39 is 5.91 Å². The Morgan fingerprint density at radius 3 is 2.67 bits per heavy atom. The topological polar surface area (TPSA) is 81.0 Å². The van der Waals surface area contributed by atoms with Gasteiger partial charge in [-0.1, -0.05) is 6.07 Å². The highest BCUT2D eigenvalue weighted by molar-refractivity contribution is 5.90. The molecule has 1 amide bonds. The Morgan fingerprint density at radius 2 is 2.11 bits per heavy atom. The zero-order valence-corrected chi connectivity index (χ0v) is 10.6. The molecule has 0 aliphatic heterocycles. The van der Waals surface area contributed by atoms with Crippen molar-refractivity contribution in [3.8, 4) is 17.0 Å². The second-order valence-electron chi connectivity index (χ2n) is 4.17. The summed E-state index contributed by atoms with van der Waals surface area (Å²) in [5, 5.41) is 0. The summed E-state index contributed by atoms with van der Waals surface area (Å²) >= 11 is 0. The van der Waals surface area contributed by atoms with Gasteiger partial charge in [-0.25, -0.2) is 4.98 Å². The predicted octanol–water partition coefficient (Wildman–Crippen LogP) is 1.80. The van der Waals surface area contributed by atoms with E-state index in [1.54, 1.807) is 13.3 Å². The van der Waals surface area contributed by atoms with Crippen LogP contribution in [0.4, 0.5) is 0 Å². The minimum atomic E-state index is -0.579. The van der Waals surface area contributed by atoms with Crippen LogP contribution in [0.5, 0.6) is 5.75 Å². The summed E-state index contributed by atoms with van der Waals surface area (Å²) in [5.41, 5.74) is 8.95. The molecule has 1 heterocycles. The number of hydrogen-bond donors (Lipinski definition) is 2. The van der Waals surface area contributed by atoms with E-state index in [4.69, 9.17) is 10.5 Å². The summed E-state index contributed by atoms with van der Waals surface area (Å²) in [6, 6.07) is 3.98. The zero-order valence-electron chi connectivity index (χ0n) is 10.6. The van der Waals surface area contributed by atoms with Gasteiger partial charge in [-0.15, -0.1) is 0 Å². The van der Waals surface area contributed by atoms with Gasteiger partial charge in [-0.3, -0.25) is 4.79 Å². The lowest BCUT2D eigenvalue weighted by Crippen LogP contribution is -2.12. The summed E-state index contributed by atoms with van der Waals surface area (Å²) in [6.07, 6.45) is 1.58. The van der Waals surface area contributed by atoms with Crippen molar-refractivity contribution in [3.63, 3.8) is 0 Å². The third kappa shape index (κ3) is 2.07. The molecule has 0 unspecified atom stereocenters. The van der Waals surface area contributed by atoms with Crippen molar-refractivity contribution in [1.29, 1.82) is 0 Å². The number of aryl methyl sites for hydroxylation is 2. The number of ether oxygens (including phenoxy) is 1. The summed E-state index contributed by atoms with van der Waals surface area (Å²) in [4.78, 5) is 17.9. The van der Waals surface area contributed by atoms with Crippen molar-refractivity contribution >= 4 is 5.91 Å². The van der Waals surface area contributed by atoms with Gasteiger partial charge in [-0.05, 0) is 31.0 Å². The van der Waals surface area contributed by atoms with Crippen LogP contribution in [0, 0.1) is 13.8 Å². The predicted molar refractivity (Wildman–Crippen MR) is 68.6 cm³/mol. The van der Waals surface area contributed by atoms with Crippen molar-refractivity contribution in [1.82, 2.24) is 9.97 Å². The number of imidazole rings is 1. The van der Waals surface area contributed by atoms with Gasteiger partial charge in [-0.2, -0.15) is 0 Å². The highest BCUT2D eigenvalue weighted by atomic mass is 16.5. The first-order valence-electron chi connectivity index (χ1n) is 5.53. The quantitative estimate of drug-likeness (QED) is 0.865. The standard InChI is InChI=1S/C13H15N3O2/c1-7-4-8(2)11(10(5-7)18-3)9-6-15-13(16-9)12(14)17/h4-6H,1-3H3,(H2,14,17)(H,15,16). The zero-order chi connectivity index (χ0) is 13.3. The molecule has 2 rings (SSSR count). The first-order valence-corrected chi connectivity index (χ1v) is 5.53. The van der Waals surface area contributed by atoms with Gasteiger partial charge in [0.05, 0.1) is 19.0 Å². The SMILES string of the molecule is COc1cc(C)cc(C)c1-c1cnc(C(N)=O)[nH]1. The number of primary amides is 1. The Labute approximate surface area is 105 Å². The van der Waals surface area contributed by atoms with Crippen molar-refractivity contribution in [2.24, 2.45) is 5.73 Å². The smallest absolute Gasteiger partial charge is 0.284 e. The normalized spacial score (nSPS) is 10.4. The van der Waals surface area contributed by atoms with Crippen molar-refractivity contribution in [3.05, 3.63) is 35.3 Å². The van der Waals surface area contributed by atoms with E-state index in [2.05, 4.69) is 9.97 Å². The van der Waals surface area contributed by atoms with Crippen LogP contribution in [0.1, 0.15) is 21.7 Å². The highest BCUT2D eigenvalue weighted by Gasteiger charge is 2.14. The molecule has 3 N–H and O–H groups in total. The van der Waals surface area contributed by atoms with E-state index in [0.29, 0.717) is 0 Å². The Hall–Kier alpha value is -2.30. The second kappa shape index (κ2) is 4.52. The molecule has 0 spiro atoms. The molecule has 1 aromatic heterocycles. The molecule has 0 saturated carbocycles. The minimum Gasteiger partial charge on any atom is -0.496 e. The Balaban J connectivity index is 2.58. The number of carbonyl (C=O) groups excluding carboxylic acids is 1. The lowest BCUT2D eigenvalue weighted by molar-refractivity contribution is 0.0991. The molecular weight excluding hydrogens is 230 g/mol. The van der Waals surface area contributed by atoms with Crippen molar-refractivity contribution in [2.75, 3.05) is 7.11 Å². The number of nitrogens with one attached hydrogen (secondary N) is 1. The van der Waals surface area contributed by atoms with Crippen LogP contribution in [-0.2, 0) is 0 Å². The molecule has 0 atom stereocenters. The Bertz CT molecular complexity index is 602. The van der Waals surface area contributed by atoms with Crippen LogP contribution < -0.4 is 10.5 Å². The average molecular weight is 245 g/mol. The fraction of sp³-hybridized carbons (Fsp3) is 0.231. The molecule has 0 fully saturated rings. The van der Waals surface area contributed by atoms with Gasteiger partial charge in [0.25, 0.3) is 5.91 Å². The first kappa shape index (κ1) is 12.2. The van der Waals surface area contributed by atoms with Crippen molar-refractivity contribution < 1.29 is 9.53 Å². The van der Waals surface area contributed by atoms with Gasteiger partial charge >= 0.3 is 0 Å². The molecule has 1 aromatic carbocycles. The largest absolute Gasteiger partial charge is 0.496 e. The van der Waals surface area contributed by atoms with Crippen LogP contribution in [0.2, 0.25) is 0 Å². The van der Waals surface area contributed by atoms with Gasteiger partial charge in [0.15, 0.2) is 5.82 Å². The number of nitrogens with two attached hydrogens (primary N) is 1. The molecule has 0 saturated heterocycles. The molecule has 5 heteroatoms. The van der Waals surface area contributed by atoms with Crippen molar-refractivity contribution in [2.45, 2.75) is 13.8 Å². The fourth-order valence-corrected chi connectivity index (χ4v) is 2.01. The van der Waals surface area contributed by atoms with Crippen LogP contribution in [0.3, 0.4) is 0 Å². The summed E-state index contributed by atoms with van der Waals surface area (Å²) in [5.74, 6) is 0.309. The molecule has 0 radical (unpaired) electrons. The van der Waals surface area contributed by atoms with E-state index in [-0.39, 0.29) is 5.82 Å². The molecule has 0 aliphatic rings. The molecular formula is C13H15N3O2. The van der Waals surface area contributed by atoms with E-state index in [0.717, 1.165) is 28.1 Å². The van der Waals surface area contributed by atoms with Crippen LogP contribution in [0.15, 0.2) is 18.3 Å². The number of hydrogen-bond acceptors (Lipinski definition) is 3. The number of methoxy groups -OCH3 is 1. The molecule has 0 aliphatic carbocycles. The third-order valence-electron chi connectivity index (χ3n) is 2.74. The van der Waals surface area contributed by atoms with Crippen LogP contribution >= 0.6 is 0 Å². The number of benzene rings is 1. The van der Waals surface area contributed by atoms with Gasteiger partial charge < -0.3 is 15.5 Å². The lowest BCUT2D eigenvalue weighted by atomic mass is 10.0. The average Bonchev–Trinajstić information content (AvgIpc) is 2.77. The van der Waals surface area contributed by atoms with E-state index in [1.165, 1.54) is 0 Å². The monoisotopic (exact) mass is 245 g/mol. The minimum absolute atomic E-state index is 0.145. The number of amides is 1. The summed E-state index contributed by atoms with van der Waals surface area (Å²) in [7, 11) is 1.61. The maximum atomic E-state index is 11.0. The number of aromatic nitrogens is 2. The molecule has 5 nitrogen and oxygen atoms in total. The van der Waals surface area contributed by atoms with Crippen LogP contribution in [0.25, 0.3) is 11.3 Å². The molecule has 18 heavy (non-hydrogen) atoms. The Morgan fingerprint density at radius 1 is 1.39 bits per heavy atom. The summed E-state index contributed by atoms with van der Waals surface area (Å²) < 4.78 is 5.37. The van der Waals surface area contributed by atoms with E-state index >= 15 is 0 Å². The number of rotatable bonds is 3. The number of H-pyrrole nitrogens is 1. The maximum Gasteiger partial charge on any atom is 0.284 e. The van der Waals surface area contributed by atoms with Gasteiger partial charge in [0, 0.05) is 5.56 Å². The fourth-order valence-electron chi connectivity index (χ4n) is 2.01.